The highest BCUT2D eigenvalue weighted by molar-refractivity contribution is 6.09. The number of nitrogens with one attached hydrogen (secondary N) is 1. The van der Waals surface area contributed by atoms with Crippen molar-refractivity contribution in [2.24, 2.45) is 0 Å². The summed E-state index contributed by atoms with van der Waals surface area (Å²) in [4.78, 5) is 14.4. The Labute approximate surface area is 148 Å². The van der Waals surface area contributed by atoms with Gasteiger partial charge in [0, 0.05) is 30.9 Å². The van der Waals surface area contributed by atoms with Crippen LogP contribution < -0.4 is 10.2 Å². The Hall–Kier alpha value is -3.00. The fourth-order valence-corrected chi connectivity index (χ4v) is 2.43. The molecule has 0 aliphatic carbocycles. The molecule has 0 saturated carbocycles. The second-order valence-electron chi connectivity index (χ2n) is 5.77. The van der Waals surface area contributed by atoms with Gasteiger partial charge >= 0.3 is 0 Å². The molecule has 0 aliphatic heterocycles. The molecule has 0 aliphatic rings. The summed E-state index contributed by atoms with van der Waals surface area (Å²) in [5.74, 6) is 0.753. The van der Waals surface area contributed by atoms with Crippen LogP contribution in [0.1, 0.15) is 30.7 Å². The first-order chi connectivity index (χ1) is 12.0. The van der Waals surface area contributed by atoms with Crippen LogP contribution in [0.25, 0.3) is 6.08 Å². The first kappa shape index (κ1) is 18.3. The second-order valence-corrected chi connectivity index (χ2v) is 5.77. The van der Waals surface area contributed by atoms with Gasteiger partial charge in [-0.2, -0.15) is 5.26 Å². The van der Waals surface area contributed by atoms with Crippen LogP contribution in [-0.4, -0.2) is 19.0 Å². The molecule has 0 radical (unpaired) electrons. The van der Waals surface area contributed by atoms with E-state index in [9.17, 15) is 10.1 Å². The number of amides is 1. The van der Waals surface area contributed by atoms with E-state index in [1.807, 2.05) is 58.0 Å². The standard InChI is InChI=1S/C20H23N3O2/c1-5-23(6-2)19-10-9-18(25-19)12-16(13-21)20(24)22-17-8-7-14(3)15(4)11-17/h7-12H,5-6H2,1-4H3,(H,22,24)/b16-12-. The Balaban J connectivity index is 2.18. The van der Waals surface area contributed by atoms with Crippen LogP contribution in [0.4, 0.5) is 11.6 Å². The predicted octanol–water partition coefficient (Wildman–Crippen LogP) is 4.29. The molecule has 2 aromatic rings. The van der Waals surface area contributed by atoms with Crippen molar-refractivity contribution in [2.75, 3.05) is 23.3 Å². The third-order valence-electron chi connectivity index (χ3n) is 4.10. The van der Waals surface area contributed by atoms with Gasteiger partial charge in [0.1, 0.15) is 17.4 Å². The zero-order valence-electron chi connectivity index (χ0n) is 15.1. The molecule has 2 rings (SSSR count). The molecule has 5 heteroatoms. The number of furan rings is 1. The summed E-state index contributed by atoms with van der Waals surface area (Å²) in [5, 5.41) is 12.1. The van der Waals surface area contributed by atoms with Crippen molar-refractivity contribution in [3.8, 4) is 6.07 Å². The molecule has 0 atom stereocenters. The average molecular weight is 337 g/mol. The summed E-state index contributed by atoms with van der Waals surface area (Å²) in [5.41, 5.74) is 2.89. The Morgan fingerprint density at radius 3 is 2.52 bits per heavy atom. The largest absolute Gasteiger partial charge is 0.441 e. The topological polar surface area (TPSA) is 69.3 Å². The average Bonchev–Trinajstić information content (AvgIpc) is 3.05. The molecule has 1 aromatic carbocycles. The van der Waals surface area contributed by atoms with E-state index in [0.29, 0.717) is 11.4 Å². The Bertz CT molecular complexity index is 824. The molecule has 1 aromatic heterocycles. The summed E-state index contributed by atoms with van der Waals surface area (Å²) < 4.78 is 5.71. The minimum Gasteiger partial charge on any atom is -0.441 e. The number of aryl methyl sites for hydroxylation is 2. The third kappa shape index (κ3) is 4.51. The van der Waals surface area contributed by atoms with Gasteiger partial charge in [-0.1, -0.05) is 6.07 Å². The van der Waals surface area contributed by atoms with Gasteiger partial charge in [-0.3, -0.25) is 4.79 Å². The lowest BCUT2D eigenvalue weighted by molar-refractivity contribution is -0.112. The fourth-order valence-electron chi connectivity index (χ4n) is 2.43. The highest BCUT2D eigenvalue weighted by Crippen LogP contribution is 2.21. The van der Waals surface area contributed by atoms with Gasteiger partial charge in [-0.15, -0.1) is 0 Å². The number of hydrogen-bond donors (Lipinski definition) is 1. The van der Waals surface area contributed by atoms with E-state index in [-0.39, 0.29) is 5.57 Å². The molecule has 0 fully saturated rings. The summed E-state index contributed by atoms with van der Waals surface area (Å²) >= 11 is 0. The van der Waals surface area contributed by atoms with Crippen molar-refractivity contribution < 1.29 is 9.21 Å². The fraction of sp³-hybridized carbons (Fsp3) is 0.300. The summed E-state index contributed by atoms with van der Waals surface area (Å²) in [6.07, 6.45) is 1.46. The normalized spacial score (nSPS) is 11.1. The number of benzene rings is 1. The van der Waals surface area contributed by atoms with E-state index < -0.39 is 5.91 Å². The summed E-state index contributed by atoms with van der Waals surface area (Å²) in [7, 11) is 0. The molecule has 0 unspecified atom stereocenters. The van der Waals surface area contributed by atoms with Crippen LogP contribution in [0, 0.1) is 25.2 Å². The summed E-state index contributed by atoms with van der Waals surface area (Å²) in [6, 6.07) is 11.2. The molecule has 0 spiro atoms. The molecule has 0 saturated heterocycles. The number of anilines is 2. The van der Waals surface area contributed by atoms with Crippen LogP contribution in [0.2, 0.25) is 0 Å². The van der Waals surface area contributed by atoms with E-state index in [1.165, 1.54) is 6.08 Å². The number of carbonyl (C=O) groups is 1. The molecule has 25 heavy (non-hydrogen) atoms. The van der Waals surface area contributed by atoms with Crippen molar-refractivity contribution in [2.45, 2.75) is 27.7 Å². The van der Waals surface area contributed by atoms with E-state index in [4.69, 9.17) is 4.42 Å². The zero-order valence-corrected chi connectivity index (χ0v) is 15.1. The van der Waals surface area contributed by atoms with Crippen LogP contribution in [-0.2, 0) is 4.79 Å². The van der Waals surface area contributed by atoms with Crippen LogP contribution in [0.3, 0.4) is 0 Å². The molecule has 1 amide bonds. The minimum absolute atomic E-state index is 0.00123. The Morgan fingerprint density at radius 1 is 1.20 bits per heavy atom. The maximum Gasteiger partial charge on any atom is 0.266 e. The lowest BCUT2D eigenvalue weighted by atomic mass is 10.1. The summed E-state index contributed by atoms with van der Waals surface area (Å²) in [6.45, 7) is 9.71. The van der Waals surface area contributed by atoms with Gasteiger partial charge < -0.3 is 14.6 Å². The van der Waals surface area contributed by atoms with Gasteiger partial charge in [-0.05, 0) is 57.0 Å². The minimum atomic E-state index is -0.452. The smallest absolute Gasteiger partial charge is 0.266 e. The molecule has 1 N–H and O–H groups in total. The van der Waals surface area contributed by atoms with Crippen molar-refractivity contribution in [3.05, 3.63) is 52.8 Å². The first-order valence-corrected chi connectivity index (χ1v) is 8.33. The molecule has 130 valence electrons. The lowest BCUT2D eigenvalue weighted by Gasteiger charge is -2.16. The monoisotopic (exact) mass is 337 g/mol. The van der Waals surface area contributed by atoms with Gasteiger partial charge in [0.15, 0.2) is 5.88 Å². The van der Waals surface area contributed by atoms with Crippen LogP contribution in [0.15, 0.2) is 40.3 Å². The third-order valence-corrected chi connectivity index (χ3v) is 4.10. The van der Waals surface area contributed by atoms with E-state index in [1.54, 1.807) is 6.07 Å². The number of rotatable bonds is 6. The molecule has 5 nitrogen and oxygen atoms in total. The van der Waals surface area contributed by atoms with Gasteiger partial charge in [-0.25, -0.2) is 0 Å². The molecule has 0 bridgehead atoms. The van der Waals surface area contributed by atoms with Crippen molar-refractivity contribution >= 4 is 23.6 Å². The maximum absolute atomic E-state index is 12.3. The van der Waals surface area contributed by atoms with E-state index in [0.717, 1.165) is 30.1 Å². The maximum atomic E-state index is 12.3. The Kier molecular flexibility index (Phi) is 6.02. The van der Waals surface area contributed by atoms with E-state index in [2.05, 4.69) is 10.2 Å². The highest BCUT2D eigenvalue weighted by atomic mass is 16.4. The van der Waals surface area contributed by atoms with Gasteiger partial charge in [0.25, 0.3) is 5.91 Å². The van der Waals surface area contributed by atoms with Gasteiger partial charge in [0.2, 0.25) is 0 Å². The molecule has 1 heterocycles. The van der Waals surface area contributed by atoms with Crippen molar-refractivity contribution in [1.82, 2.24) is 0 Å². The van der Waals surface area contributed by atoms with Crippen molar-refractivity contribution in [3.63, 3.8) is 0 Å². The Morgan fingerprint density at radius 2 is 1.92 bits per heavy atom. The van der Waals surface area contributed by atoms with Crippen molar-refractivity contribution in [1.29, 1.82) is 5.26 Å². The first-order valence-electron chi connectivity index (χ1n) is 8.33. The van der Waals surface area contributed by atoms with Crippen LogP contribution in [0.5, 0.6) is 0 Å². The SMILES string of the molecule is CCN(CC)c1ccc(/C=C(/C#N)C(=O)Nc2ccc(C)c(C)c2)o1. The number of nitriles is 1. The molecular formula is C20H23N3O2. The number of carbonyl (C=O) groups excluding carboxylic acids is 1. The van der Waals surface area contributed by atoms with Gasteiger partial charge in [0.05, 0.1) is 0 Å². The number of nitrogens with zero attached hydrogens (tertiary/aromatic N) is 2. The second kappa shape index (κ2) is 8.20. The van der Waals surface area contributed by atoms with Crippen LogP contribution >= 0.6 is 0 Å². The lowest BCUT2D eigenvalue weighted by Crippen LogP contribution is -2.20. The van der Waals surface area contributed by atoms with E-state index >= 15 is 0 Å². The quantitative estimate of drug-likeness (QED) is 0.630. The zero-order chi connectivity index (χ0) is 18.4. The molecular weight excluding hydrogens is 314 g/mol. The highest BCUT2D eigenvalue weighted by Gasteiger charge is 2.12. The predicted molar refractivity (Wildman–Crippen MR) is 100 cm³/mol. The number of hydrogen-bond acceptors (Lipinski definition) is 4.